The Kier molecular flexibility index (Phi) is 6.36. The SMILES string of the molecule is CC(=O)C(=Cc1ccccc1)C(=O)OC1CC(C)CCC1C(C)C. The van der Waals surface area contributed by atoms with Crippen LogP contribution in [0.25, 0.3) is 6.08 Å². The summed E-state index contributed by atoms with van der Waals surface area (Å²) in [7, 11) is 0. The van der Waals surface area contributed by atoms with E-state index in [1.807, 2.05) is 30.3 Å². The molecular formula is C21H28O3. The van der Waals surface area contributed by atoms with Gasteiger partial charge >= 0.3 is 5.97 Å². The number of benzene rings is 1. The molecule has 3 nitrogen and oxygen atoms in total. The number of ketones is 1. The van der Waals surface area contributed by atoms with Gasteiger partial charge in [-0.1, -0.05) is 57.5 Å². The third kappa shape index (κ3) is 4.80. The molecule has 0 amide bonds. The number of rotatable bonds is 5. The zero-order valence-corrected chi connectivity index (χ0v) is 15.1. The van der Waals surface area contributed by atoms with E-state index >= 15 is 0 Å². The van der Waals surface area contributed by atoms with Crippen molar-refractivity contribution in [2.45, 2.75) is 53.1 Å². The largest absolute Gasteiger partial charge is 0.458 e. The maximum atomic E-state index is 12.6. The van der Waals surface area contributed by atoms with Crippen molar-refractivity contribution < 1.29 is 14.3 Å². The Morgan fingerprint density at radius 2 is 1.83 bits per heavy atom. The van der Waals surface area contributed by atoms with Crippen LogP contribution in [0.15, 0.2) is 35.9 Å². The summed E-state index contributed by atoms with van der Waals surface area (Å²) in [6.45, 7) is 7.96. The van der Waals surface area contributed by atoms with Crippen molar-refractivity contribution in [3.8, 4) is 0 Å². The van der Waals surface area contributed by atoms with Crippen LogP contribution < -0.4 is 0 Å². The zero-order chi connectivity index (χ0) is 17.7. The second kappa shape index (κ2) is 8.27. The van der Waals surface area contributed by atoms with Gasteiger partial charge in [0.1, 0.15) is 11.7 Å². The Morgan fingerprint density at radius 3 is 2.42 bits per heavy atom. The fourth-order valence-electron chi connectivity index (χ4n) is 3.47. The Morgan fingerprint density at radius 1 is 1.17 bits per heavy atom. The molecule has 3 heteroatoms. The van der Waals surface area contributed by atoms with Crippen LogP contribution in [0.2, 0.25) is 0 Å². The first-order chi connectivity index (χ1) is 11.4. The highest BCUT2D eigenvalue weighted by Gasteiger charge is 2.34. The van der Waals surface area contributed by atoms with Crippen LogP contribution in [-0.4, -0.2) is 17.9 Å². The van der Waals surface area contributed by atoms with Crippen LogP contribution in [0.3, 0.4) is 0 Å². The molecular weight excluding hydrogens is 300 g/mol. The number of hydrogen-bond donors (Lipinski definition) is 0. The third-order valence-electron chi connectivity index (χ3n) is 4.93. The molecule has 0 aliphatic heterocycles. The predicted octanol–water partition coefficient (Wildman–Crippen LogP) is 4.66. The second-order valence-electron chi connectivity index (χ2n) is 7.29. The molecule has 1 saturated carbocycles. The standard InChI is InChI=1S/C21H28O3/c1-14(2)18-11-10-15(3)12-20(18)24-21(23)19(16(4)22)13-17-8-6-5-7-9-17/h5-9,13-15,18,20H,10-12H2,1-4H3. The molecule has 0 radical (unpaired) electrons. The molecule has 0 spiro atoms. The molecule has 1 aliphatic carbocycles. The highest BCUT2D eigenvalue weighted by atomic mass is 16.5. The van der Waals surface area contributed by atoms with Gasteiger partial charge in [-0.3, -0.25) is 4.79 Å². The predicted molar refractivity (Wildman–Crippen MR) is 96.3 cm³/mol. The van der Waals surface area contributed by atoms with E-state index in [1.54, 1.807) is 6.08 Å². The fraction of sp³-hybridized carbons (Fsp3) is 0.524. The summed E-state index contributed by atoms with van der Waals surface area (Å²) < 4.78 is 5.80. The number of ether oxygens (including phenoxy) is 1. The highest BCUT2D eigenvalue weighted by Crippen LogP contribution is 2.35. The minimum absolute atomic E-state index is 0.0974. The average Bonchev–Trinajstić information content (AvgIpc) is 2.53. The van der Waals surface area contributed by atoms with Gasteiger partial charge < -0.3 is 4.74 Å². The Balaban J connectivity index is 2.18. The molecule has 0 bridgehead atoms. The Hall–Kier alpha value is -1.90. The summed E-state index contributed by atoms with van der Waals surface area (Å²) in [5, 5.41) is 0. The first kappa shape index (κ1) is 18.4. The first-order valence-corrected chi connectivity index (χ1v) is 8.87. The van der Waals surface area contributed by atoms with Gasteiger partial charge in [0.2, 0.25) is 0 Å². The molecule has 1 aromatic carbocycles. The zero-order valence-electron chi connectivity index (χ0n) is 15.1. The Bertz CT molecular complexity index is 601. The monoisotopic (exact) mass is 328 g/mol. The van der Waals surface area contributed by atoms with E-state index in [-0.39, 0.29) is 17.5 Å². The number of carbonyl (C=O) groups excluding carboxylic acids is 2. The lowest BCUT2D eigenvalue weighted by Crippen LogP contribution is -2.36. The van der Waals surface area contributed by atoms with Crippen LogP contribution >= 0.6 is 0 Å². The van der Waals surface area contributed by atoms with E-state index in [1.165, 1.54) is 13.3 Å². The number of carbonyl (C=O) groups is 2. The molecule has 0 N–H and O–H groups in total. The topological polar surface area (TPSA) is 43.4 Å². The van der Waals surface area contributed by atoms with Crippen molar-refractivity contribution in [2.24, 2.45) is 17.8 Å². The average molecular weight is 328 g/mol. The van der Waals surface area contributed by atoms with Crippen molar-refractivity contribution in [1.29, 1.82) is 0 Å². The first-order valence-electron chi connectivity index (χ1n) is 8.87. The van der Waals surface area contributed by atoms with Gasteiger partial charge in [0.05, 0.1) is 0 Å². The van der Waals surface area contributed by atoms with Crippen molar-refractivity contribution in [3.05, 3.63) is 41.5 Å². The van der Waals surface area contributed by atoms with Crippen LogP contribution in [-0.2, 0) is 14.3 Å². The molecule has 2 rings (SSSR count). The van der Waals surface area contributed by atoms with E-state index in [0.29, 0.717) is 17.8 Å². The van der Waals surface area contributed by atoms with Crippen molar-refractivity contribution >= 4 is 17.8 Å². The summed E-state index contributed by atoms with van der Waals surface area (Å²) in [6.07, 6.45) is 4.66. The smallest absolute Gasteiger partial charge is 0.342 e. The van der Waals surface area contributed by atoms with E-state index in [0.717, 1.165) is 18.4 Å². The Labute approximate surface area is 145 Å². The van der Waals surface area contributed by atoms with Gasteiger partial charge in [0.25, 0.3) is 0 Å². The van der Waals surface area contributed by atoms with Crippen LogP contribution in [0.1, 0.15) is 52.5 Å². The number of Topliss-reactive ketones (excluding diaryl/α,β-unsaturated/α-hetero) is 1. The van der Waals surface area contributed by atoms with Crippen LogP contribution in [0.5, 0.6) is 0 Å². The summed E-state index contributed by atoms with van der Waals surface area (Å²) in [5.74, 6) is 0.644. The molecule has 130 valence electrons. The van der Waals surface area contributed by atoms with E-state index in [2.05, 4.69) is 20.8 Å². The third-order valence-corrected chi connectivity index (χ3v) is 4.93. The summed E-state index contributed by atoms with van der Waals surface area (Å²) in [6, 6.07) is 9.41. The molecule has 0 heterocycles. The lowest BCUT2D eigenvalue weighted by Gasteiger charge is -2.36. The van der Waals surface area contributed by atoms with Crippen LogP contribution in [0, 0.1) is 17.8 Å². The molecule has 1 aromatic rings. The van der Waals surface area contributed by atoms with Crippen molar-refractivity contribution in [2.75, 3.05) is 0 Å². The summed E-state index contributed by atoms with van der Waals surface area (Å²) in [5.41, 5.74) is 0.957. The molecule has 1 aliphatic rings. The molecule has 1 fully saturated rings. The molecule has 0 saturated heterocycles. The second-order valence-corrected chi connectivity index (χ2v) is 7.29. The minimum atomic E-state index is -0.490. The number of esters is 1. The van der Waals surface area contributed by atoms with Gasteiger partial charge in [-0.15, -0.1) is 0 Å². The van der Waals surface area contributed by atoms with Crippen molar-refractivity contribution in [1.82, 2.24) is 0 Å². The number of hydrogen-bond acceptors (Lipinski definition) is 3. The van der Waals surface area contributed by atoms with E-state index in [4.69, 9.17) is 4.74 Å². The van der Waals surface area contributed by atoms with Gasteiger partial charge in [-0.2, -0.15) is 0 Å². The lowest BCUT2D eigenvalue weighted by atomic mass is 9.75. The molecule has 0 aromatic heterocycles. The maximum Gasteiger partial charge on any atom is 0.342 e. The van der Waals surface area contributed by atoms with Gasteiger partial charge in [0.15, 0.2) is 5.78 Å². The lowest BCUT2D eigenvalue weighted by molar-refractivity contribution is -0.151. The minimum Gasteiger partial charge on any atom is -0.458 e. The fourth-order valence-corrected chi connectivity index (χ4v) is 3.47. The summed E-state index contributed by atoms with van der Waals surface area (Å²) >= 11 is 0. The van der Waals surface area contributed by atoms with Crippen molar-refractivity contribution in [3.63, 3.8) is 0 Å². The van der Waals surface area contributed by atoms with Gasteiger partial charge in [-0.25, -0.2) is 4.79 Å². The molecule has 24 heavy (non-hydrogen) atoms. The highest BCUT2D eigenvalue weighted by molar-refractivity contribution is 6.19. The van der Waals surface area contributed by atoms with E-state index < -0.39 is 5.97 Å². The van der Waals surface area contributed by atoms with E-state index in [9.17, 15) is 9.59 Å². The quantitative estimate of drug-likeness (QED) is 0.342. The molecule has 3 atom stereocenters. The summed E-state index contributed by atoms with van der Waals surface area (Å²) in [4.78, 5) is 24.6. The maximum absolute atomic E-state index is 12.6. The van der Waals surface area contributed by atoms with Gasteiger partial charge in [-0.05, 0) is 49.2 Å². The van der Waals surface area contributed by atoms with Crippen LogP contribution in [0.4, 0.5) is 0 Å². The van der Waals surface area contributed by atoms with Gasteiger partial charge in [0, 0.05) is 0 Å². The molecule has 3 unspecified atom stereocenters. The normalized spacial score (nSPS) is 24.7.